The number of likely N-dealkylation sites (tertiary alicyclic amines) is 1. The van der Waals surface area contributed by atoms with Crippen LogP contribution in [0.1, 0.15) is 56.8 Å². The number of piperidine rings is 1. The predicted octanol–water partition coefficient (Wildman–Crippen LogP) is 3.15. The second-order valence-corrected chi connectivity index (χ2v) is 9.15. The highest BCUT2D eigenvalue weighted by Crippen LogP contribution is 2.37. The van der Waals surface area contributed by atoms with E-state index in [1.54, 1.807) is 12.1 Å². The molecule has 2 aliphatic heterocycles. The molecule has 0 bridgehead atoms. The Labute approximate surface area is 167 Å². The molecule has 2 fully saturated rings. The summed E-state index contributed by atoms with van der Waals surface area (Å²) in [6.07, 6.45) is 2.91. The number of ketones is 1. The van der Waals surface area contributed by atoms with E-state index in [9.17, 15) is 14.0 Å². The standard InChI is InChI=1S/C22H32FN3O2/c1-21(2,3)26-16-24(4)22(20(26)28)11-14-25(15-12-22)13-5-6-19(27)17-7-9-18(23)10-8-17/h7-10H,5-6,11-16H2,1-4H3. The van der Waals surface area contributed by atoms with Gasteiger partial charge in [-0.1, -0.05) is 0 Å². The predicted molar refractivity (Wildman–Crippen MR) is 108 cm³/mol. The highest BCUT2D eigenvalue weighted by atomic mass is 19.1. The van der Waals surface area contributed by atoms with Crippen LogP contribution in [0.25, 0.3) is 0 Å². The average Bonchev–Trinajstić information content (AvgIpc) is 2.89. The van der Waals surface area contributed by atoms with E-state index in [0.717, 1.165) is 38.9 Å². The highest BCUT2D eigenvalue weighted by Gasteiger charge is 2.53. The number of carbonyl (C=O) groups excluding carboxylic acids is 2. The van der Waals surface area contributed by atoms with Gasteiger partial charge in [-0.05, 0) is 77.9 Å². The maximum absolute atomic E-state index is 13.1. The van der Waals surface area contributed by atoms with E-state index in [-0.39, 0.29) is 28.6 Å². The van der Waals surface area contributed by atoms with Crippen molar-refractivity contribution in [2.24, 2.45) is 0 Å². The van der Waals surface area contributed by atoms with Crippen LogP contribution >= 0.6 is 0 Å². The number of nitrogens with zero attached hydrogens (tertiary/aromatic N) is 3. The largest absolute Gasteiger partial charge is 0.323 e. The van der Waals surface area contributed by atoms with Crippen molar-refractivity contribution in [2.45, 2.75) is 57.5 Å². The van der Waals surface area contributed by atoms with E-state index in [0.29, 0.717) is 18.7 Å². The maximum Gasteiger partial charge on any atom is 0.244 e. The molecule has 5 nitrogen and oxygen atoms in total. The Morgan fingerprint density at radius 1 is 1.14 bits per heavy atom. The fourth-order valence-electron chi connectivity index (χ4n) is 4.33. The van der Waals surface area contributed by atoms with Gasteiger partial charge in [-0.15, -0.1) is 0 Å². The Bertz CT molecular complexity index is 718. The quantitative estimate of drug-likeness (QED) is 0.726. The molecule has 0 N–H and O–H groups in total. The summed E-state index contributed by atoms with van der Waals surface area (Å²) in [5.41, 5.74) is 0.0416. The molecule has 0 aliphatic carbocycles. The average molecular weight is 390 g/mol. The van der Waals surface area contributed by atoms with E-state index >= 15 is 0 Å². The van der Waals surface area contributed by atoms with Crippen molar-refractivity contribution >= 4 is 11.7 Å². The van der Waals surface area contributed by atoms with E-state index in [1.807, 2.05) is 4.90 Å². The molecule has 2 aliphatic rings. The Morgan fingerprint density at radius 3 is 2.29 bits per heavy atom. The van der Waals surface area contributed by atoms with Gasteiger partial charge in [-0.2, -0.15) is 0 Å². The van der Waals surface area contributed by atoms with Crippen molar-refractivity contribution in [3.05, 3.63) is 35.6 Å². The minimum absolute atomic E-state index is 0.0556. The van der Waals surface area contributed by atoms with Crippen LogP contribution in [0.2, 0.25) is 0 Å². The molecular formula is C22H32FN3O2. The molecule has 2 heterocycles. The zero-order valence-corrected chi connectivity index (χ0v) is 17.5. The molecule has 2 saturated heterocycles. The van der Waals surface area contributed by atoms with Crippen molar-refractivity contribution in [3.8, 4) is 0 Å². The van der Waals surface area contributed by atoms with Crippen molar-refractivity contribution < 1.29 is 14.0 Å². The third kappa shape index (κ3) is 4.13. The summed E-state index contributed by atoms with van der Waals surface area (Å²) >= 11 is 0. The van der Waals surface area contributed by atoms with Crippen LogP contribution in [0.15, 0.2) is 24.3 Å². The highest BCUT2D eigenvalue weighted by molar-refractivity contribution is 5.96. The third-order valence-corrected chi connectivity index (χ3v) is 6.26. The van der Waals surface area contributed by atoms with Crippen molar-refractivity contribution in [1.82, 2.24) is 14.7 Å². The molecule has 28 heavy (non-hydrogen) atoms. The van der Waals surface area contributed by atoms with Gasteiger partial charge in [0.25, 0.3) is 0 Å². The fourth-order valence-corrected chi connectivity index (χ4v) is 4.33. The summed E-state index contributed by atoms with van der Waals surface area (Å²) in [6.45, 7) is 9.55. The lowest BCUT2D eigenvalue weighted by molar-refractivity contribution is -0.138. The van der Waals surface area contributed by atoms with Crippen LogP contribution in [0, 0.1) is 5.82 Å². The molecule has 0 atom stereocenters. The summed E-state index contributed by atoms with van der Waals surface area (Å²) in [5.74, 6) is -0.0103. The number of amides is 1. The summed E-state index contributed by atoms with van der Waals surface area (Å²) in [4.78, 5) is 31.9. The van der Waals surface area contributed by atoms with Crippen LogP contribution in [0.5, 0.6) is 0 Å². The molecule has 0 saturated carbocycles. The molecule has 1 spiro atoms. The van der Waals surface area contributed by atoms with Gasteiger partial charge in [-0.25, -0.2) is 4.39 Å². The molecule has 1 aromatic rings. The number of hydrogen-bond donors (Lipinski definition) is 0. The summed E-state index contributed by atoms with van der Waals surface area (Å²) in [5, 5.41) is 0. The van der Waals surface area contributed by atoms with Gasteiger partial charge in [0.2, 0.25) is 5.91 Å². The zero-order valence-electron chi connectivity index (χ0n) is 17.5. The number of hydrogen-bond acceptors (Lipinski definition) is 4. The molecule has 0 unspecified atom stereocenters. The summed E-state index contributed by atoms with van der Waals surface area (Å²) < 4.78 is 13.0. The minimum atomic E-state index is -0.367. The van der Waals surface area contributed by atoms with Crippen LogP contribution in [-0.2, 0) is 4.79 Å². The van der Waals surface area contributed by atoms with E-state index in [2.05, 4.69) is 37.6 Å². The van der Waals surface area contributed by atoms with Gasteiger partial charge in [0.15, 0.2) is 5.78 Å². The van der Waals surface area contributed by atoms with Crippen molar-refractivity contribution in [1.29, 1.82) is 0 Å². The summed E-state index contributed by atoms with van der Waals surface area (Å²) in [7, 11) is 2.06. The lowest BCUT2D eigenvalue weighted by Gasteiger charge is -2.41. The third-order valence-electron chi connectivity index (χ3n) is 6.26. The van der Waals surface area contributed by atoms with Crippen molar-refractivity contribution in [3.63, 3.8) is 0 Å². The SMILES string of the molecule is CN1CN(C(C)(C)C)C(=O)C12CCN(CCCC(=O)c1ccc(F)cc1)CC2. The normalized spacial score (nSPS) is 20.9. The van der Waals surface area contributed by atoms with E-state index < -0.39 is 0 Å². The molecule has 154 valence electrons. The number of likely N-dealkylation sites (N-methyl/N-ethyl adjacent to an activating group) is 1. The Kier molecular flexibility index (Phi) is 5.92. The smallest absolute Gasteiger partial charge is 0.244 e. The van der Waals surface area contributed by atoms with Gasteiger partial charge < -0.3 is 9.80 Å². The first-order valence-corrected chi connectivity index (χ1v) is 10.2. The number of carbonyl (C=O) groups is 2. The summed E-state index contributed by atoms with van der Waals surface area (Å²) in [6, 6.07) is 5.75. The lowest BCUT2D eigenvalue weighted by atomic mass is 9.85. The van der Waals surface area contributed by atoms with Crippen LogP contribution in [0.3, 0.4) is 0 Å². The van der Waals surface area contributed by atoms with Gasteiger partial charge in [-0.3, -0.25) is 14.5 Å². The molecule has 6 heteroatoms. The first-order valence-electron chi connectivity index (χ1n) is 10.2. The number of halogens is 1. The molecule has 0 aromatic heterocycles. The molecule has 1 amide bonds. The first kappa shape index (κ1) is 20.9. The second kappa shape index (κ2) is 7.91. The number of rotatable bonds is 5. The molecular weight excluding hydrogens is 357 g/mol. The van der Waals surface area contributed by atoms with E-state index in [4.69, 9.17) is 0 Å². The molecule has 0 radical (unpaired) electrons. The Morgan fingerprint density at radius 2 is 1.75 bits per heavy atom. The second-order valence-electron chi connectivity index (χ2n) is 9.15. The van der Waals surface area contributed by atoms with Gasteiger partial charge >= 0.3 is 0 Å². The number of benzene rings is 1. The minimum Gasteiger partial charge on any atom is -0.323 e. The maximum atomic E-state index is 13.1. The lowest BCUT2D eigenvalue weighted by Crippen LogP contribution is -2.56. The molecule has 1 aromatic carbocycles. The number of Topliss-reactive ketones (excluding diaryl/α,β-unsaturated/α-hetero) is 1. The van der Waals surface area contributed by atoms with Gasteiger partial charge in [0.1, 0.15) is 11.4 Å². The topological polar surface area (TPSA) is 43.9 Å². The van der Waals surface area contributed by atoms with Crippen LogP contribution < -0.4 is 0 Å². The van der Waals surface area contributed by atoms with Gasteiger partial charge in [0.05, 0.1) is 6.67 Å². The van der Waals surface area contributed by atoms with Crippen LogP contribution in [-0.4, -0.2) is 70.8 Å². The monoisotopic (exact) mass is 389 g/mol. The first-order chi connectivity index (χ1) is 13.1. The van der Waals surface area contributed by atoms with Gasteiger partial charge in [0, 0.05) is 30.6 Å². The fraction of sp³-hybridized carbons (Fsp3) is 0.636. The van der Waals surface area contributed by atoms with E-state index in [1.165, 1.54) is 12.1 Å². The Balaban J connectivity index is 1.48. The Hall–Kier alpha value is -1.79. The van der Waals surface area contributed by atoms with Crippen molar-refractivity contribution in [2.75, 3.05) is 33.4 Å². The van der Waals surface area contributed by atoms with Crippen LogP contribution in [0.4, 0.5) is 4.39 Å². The zero-order chi connectivity index (χ0) is 20.5. The molecule has 3 rings (SSSR count).